The highest BCUT2D eigenvalue weighted by molar-refractivity contribution is 7.99. The number of nitrogens with two attached hydrogens (primary N) is 1. The van der Waals surface area contributed by atoms with E-state index in [2.05, 4.69) is 15.1 Å². The fourth-order valence-electron chi connectivity index (χ4n) is 3.10. The summed E-state index contributed by atoms with van der Waals surface area (Å²) >= 11 is 1.47. The quantitative estimate of drug-likeness (QED) is 0.524. The Hall–Kier alpha value is -1.78. The van der Waals surface area contributed by atoms with Gasteiger partial charge in [-0.15, -0.1) is 10.2 Å². The molecule has 0 atom stereocenters. The summed E-state index contributed by atoms with van der Waals surface area (Å²) in [7, 11) is -1.81. The summed E-state index contributed by atoms with van der Waals surface area (Å²) in [5.41, 5.74) is 0.875. The van der Waals surface area contributed by atoms with Crippen LogP contribution in [0.15, 0.2) is 29.4 Å². The second-order valence-corrected chi connectivity index (χ2v) is 9.20. The normalized spacial score (nSPS) is 15.1. The number of benzene rings is 1. The van der Waals surface area contributed by atoms with E-state index in [0.29, 0.717) is 12.2 Å². The smallest absolute Gasteiger partial charge is 0.232 e. The largest absolute Gasteiger partial charge is 0.495 e. The molecule has 27 heavy (non-hydrogen) atoms. The van der Waals surface area contributed by atoms with E-state index in [1.54, 1.807) is 7.11 Å². The molecule has 0 unspecified atom stereocenters. The summed E-state index contributed by atoms with van der Waals surface area (Å²) in [4.78, 5) is 2.25. The molecule has 0 bridgehead atoms. The van der Waals surface area contributed by atoms with Gasteiger partial charge in [-0.05, 0) is 37.8 Å². The van der Waals surface area contributed by atoms with Gasteiger partial charge in [-0.3, -0.25) is 4.57 Å². The van der Waals surface area contributed by atoms with E-state index in [1.807, 2.05) is 28.8 Å². The first-order valence-electron chi connectivity index (χ1n) is 8.96. The Morgan fingerprint density at radius 1 is 1.19 bits per heavy atom. The molecule has 2 heterocycles. The molecule has 1 aliphatic rings. The number of piperidine rings is 1. The van der Waals surface area contributed by atoms with Crippen LogP contribution in [0.3, 0.4) is 0 Å². The van der Waals surface area contributed by atoms with Crippen LogP contribution in [0.5, 0.6) is 5.75 Å². The number of para-hydroxylation sites is 2. The molecule has 3 rings (SSSR count). The minimum atomic E-state index is -3.45. The van der Waals surface area contributed by atoms with Crippen LogP contribution in [0.1, 0.15) is 25.7 Å². The maximum atomic E-state index is 11.1. The summed E-state index contributed by atoms with van der Waals surface area (Å²) < 4.78 is 29.8. The Morgan fingerprint density at radius 2 is 1.93 bits per heavy atom. The molecule has 1 saturated heterocycles. The van der Waals surface area contributed by atoms with Crippen LogP contribution >= 0.6 is 11.8 Å². The number of sulfonamides is 1. The zero-order valence-electron chi connectivity index (χ0n) is 15.4. The molecule has 0 aliphatic carbocycles. The highest BCUT2D eigenvalue weighted by Gasteiger charge is 2.23. The Balaban J connectivity index is 1.90. The predicted octanol–water partition coefficient (Wildman–Crippen LogP) is 2.04. The lowest BCUT2D eigenvalue weighted by molar-refractivity contribution is 0.412. The maximum Gasteiger partial charge on any atom is 0.232 e. The van der Waals surface area contributed by atoms with Crippen LogP contribution in [0.2, 0.25) is 0 Å². The summed E-state index contributed by atoms with van der Waals surface area (Å²) in [6.07, 6.45) is 3.96. The van der Waals surface area contributed by atoms with Crippen LogP contribution in [0.4, 0.5) is 5.95 Å². The van der Waals surface area contributed by atoms with Crippen LogP contribution < -0.4 is 14.8 Å². The molecule has 10 heteroatoms. The van der Waals surface area contributed by atoms with Gasteiger partial charge in [0.25, 0.3) is 0 Å². The number of primary sulfonamides is 1. The van der Waals surface area contributed by atoms with Crippen LogP contribution in [-0.2, 0) is 10.0 Å². The van der Waals surface area contributed by atoms with E-state index in [0.717, 1.165) is 48.5 Å². The SMILES string of the molecule is COc1ccccc1-n1c(SCCCS(N)(=O)=O)nnc1N1CCCCC1. The molecule has 1 aliphatic heterocycles. The zero-order valence-corrected chi connectivity index (χ0v) is 17.0. The highest BCUT2D eigenvalue weighted by atomic mass is 32.2. The van der Waals surface area contributed by atoms with Gasteiger partial charge in [0.2, 0.25) is 16.0 Å². The first-order chi connectivity index (χ1) is 13.0. The topological polar surface area (TPSA) is 103 Å². The number of nitrogens with zero attached hydrogens (tertiary/aromatic N) is 4. The van der Waals surface area contributed by atoms with Gasteiger partial charge in [0, 0.05) is 18.8 Å². The van der Waals surface area contributed by atoms with Gasteiger partial charge >= 0.3 is 0 Å². The van der Waals surface area contributed by atoms with Crippen LogP contribution in [0, 0.1) is 0 Å². The molecule has 1 fully saturated rings. The van der Waals surface area contributed by atoms with Gasteiger partial charge in [-0.2, -0.15) is 0 Å². The fraction of sp³-hybridized carbons (Fsp3) is 0.529. The monoisotopic (exact) mass is 411 g/mol. The van der Waals surface area contributed by atoms with E-state index >= 15 is 0 Å². The van der Waals surface area contributed by atoms with Crippen molar-refractivity contribution in [1.29, 1.82) is 0 Å². The summed E-state index contributed by atoms with van der Waals surface area (Å²) in [6, 6.07) is 7.76. The number of rotatable bonds is 8. The second kappa shape index (κ2) is 8.94. The average molecular weight is 412 g/mol. The van der Waals surface area contributed by atoms with Crippen molar-refractivity contribution in [3.8, 4) is 11.4 Å². The van der Waals surface area contributed by atoms with E-state index < -0.39 is 10.0 Å². The van der Waals surface area contributed by atoms with E-state index in [9.17, 15) is 8.42 Å². The second-order valence-electron chi connectivity index (χ2n) is 6.41. The minimum absolute atomic E-state index is 0.0399. The van der Waals surface area contributed by atoms with Crippen molar-refractivity contribution in [2.45, 2.75) is 30.8 Å². The number of methoxy groups -OCH3 is 1. The molecular weight excluding hydrogens is 386 g/mol. The third-order valence-electron chi connectivity index (χ3n) is 4.39. The standard InChI is InChI=1S/C17H25N5O3S2/c1-25-15-9-4-3-8-14(15)22-16(21-10-5-2-6-11-21)19-20-17(22)26-12-7-13-27(18,23)24/h3-4,8-9H,2,5-7,10-13H2,1H3,(H2,18,23,24). The number of anilines is 1. The molecule has 0 amide bonds. The van der Waals surface area contributed by atoms with E-state index in [1.165, 1.54) is 18.2 Å². The van der Waals surface area contributed by atoms with Gasteiger partial charge in [0.15, 0.2) is 5.16 Å². The van der Waals surface area contributed by atoms with Crippen molar-refractivity contribution in [3.05, 3.63) is 24.3 Å². The van der Waals surface area contributed by atoms with Crippen molar-refractivity contribution in [2.24, 2.45) is 5.14 Å². The molecular formula is C17H25N5O3S2. The molecule has 0 spiro atoms. The van der Waals surface area contributed by atoms with Crippen molar-refractivity contribution < 1.29 is 13.2 Å². The number of hydrogen-bond acceptors (Lipinski definition) is 7. The van der Waals surface area contributed by atoms with Crippen LogP contribution in [0.25, 0.3) is 5.69 Å². The lowest BCUT2D eigenvalue weighted by Gasteiger charge is -2.28. The molecule has 0 radical (unpaired) electrons. The first kappa shape index (κ1) is 20.0. The Morgan fingerprint density at radius 3 is 2.63 bits per heavy atom. The van der Waals surface area contributed by atoms with Gasteiger partial charge in [-0.1, -0.05) is 23.9 Å². The van der Waals surface area contributed by atoms with Crippen molar-refractivity contribution in [1.82, 2.24) is 14.8 Å². The van der Waals surface area contributed by atoms with Gasteiger partial charge in [-0.25, -0.2) is 13.6 Å². The summed E-state index contributed by atoms with van der Waals surface area (Å²) in [5.74, 6) is 2.08. The third-order valence-corrected chi connectivity index (χ3v) is 6.26. The maximum absolute atomic E-state index is 11.1. The lowest BCUT2D eigenvalue weighted by Crippen LogP contribution is -2.31. The minimum Gasteiger partial charge on any atom is -0.495 e. The summed E-state index contributed by atoms with van der Waals surface area (Å²) in [5, 5.41) is 14.6. The molecule has 1 aromatic heterocycles. The number of hydrogen-bond donors (Lipinski definition) is 1. The molecule has 2 N–H and O–H groups in total. The third kappa shape index (κ3) is 5.14. The predicted molar refractivity (Wildman–Crippen MR) is 107 cm³/mol. The Bertz CT molecular complexity index is 863. The van der Waals surface area contributed by atoms with Gasteiger partial charge in [0.05, 0.1) is 18.6 Å². The van der Waals surface area contributed by atoms with E-state index in [4.69, 9.17) is 9.88 Å². The highest BCUT2D eigenvalue weighted by Crippen LogP contribution is 2.32. The average Bonchev–Trinajstić information content (AvgIpc) is 3.09. The zero-order chi connectivity index (χ0) is 19.3. The molecule has 0 saturated carbocycles. The molecule has 148 valence electrons. The molecule has 1 aromatic carbocycles. The fourth-order valence-corrected chi connectivity index (χ4v) is 4.71. The Kier molecular flexibility index (Phi) is 6.61. The number of ether oxygens (including phenoxy) is 1. The van der Waals surface area contributed by atoms with Crippen molar-refractivity contribution >= 4 is 27.7 Å². The van der Waals surface area contributed by atoms with Crippen LogP contribution in [-0.4, -0.2) is 54.9 Å². The van der Waals surface area contributed by atoms with E-state index in [-0.39, 0.29) is 5.75 Å². The molecule has 2 aromatic rings. The first-order valence-corrected chi connectivity index (χ1v) is 11.7. The number of thioether (sulfide) groups is 1. The molecule has 8 nitrogen and oxygen atoms in total. The van der Waals surface area contributed by atoms with Gasteiger partial charge in [0.1, 0.15) is 5.75 Å². The Labute approximate surface area is 164 Å². The van der Waals surface area contributed by atoms with Gasteiger partial charge < -0.3 is 9.64 Å². The lowest BCUT2D eigenvalue weighted by atomic mass is 10.1. The summed E-state index contributed by atoms with van der Waals surface area (Å²) in [6.45, 7) is 1.90. The number of aromatic nitrogens is 3. The van der Waals surface area contributed by atoms with Crippen molar-refractivity contribution in [3.63, 3.8) is 0 Å². The van der Waals surface area contributed by atoms with Crippen molar-refractivity contribution in [2.75, 3.05) is 36.6 Å².